The van der Waals surface area contributed by atoms with Crippen molar-refractivity contribution in [2.24, 2.45) is 0 Å². The van der Waals surface area contributed by atoms with Gasteiger partial charge in [0.25, 0.3) is 0 Å². The lowest BCUT2D eigenvalue weighted by molar-refractivity contribution is -0.870. The number of unbranched alkanes of at least 4 members (excludes halogenated alkanes) is 36. The number of hydrogen-bond acceptors (Lipinski definition) is 6. The van der Waals surface area contributed by atoms with Gasteiger partial charge in [-0.2, -0.15) is 0 Å². The first-order valence-corrected chi connectivity index (χ1v) is 35.8. The summed E-state index contributed by atoms with van der Waals surface area (Å²) in [5.74, 6) is -0.505. The molecule has 0 aromatic heterocycles. The molecule has 0 fully saturated rings. The summed E-state index contributed by atoms with van der Waals surface area (Å²) >= 11 is 0. The van der Waals surface area contributed by atoms with Gasteiger partial charge in [-0.05, 0) is 102 Å². The number of nitrogens with one attached hydrogen (secondary N) is 1. The lowest BCUT2D eigenvalue weighted by Gasteiger charge is -2.27. The van der Waals surface area contributed by atoms with Crippen LogP contribution in [0.2, 0.25) is 0 Å². The number of allylic oxidation sites excluding steroid dienone is 11. The summed E-state index contributed by atoms with van der Waals surface area (Å²) in [6, 6.07) is -0.853. The van der Waals surface area contributed by atoms with Gasteiger partial charge in [-0.15, -0.1) is 0 Å². The Morgan fingerprint density at radius 3 is 1.15 bits per heavy atom. The van der Waals surface area contributed by atoms with Crippen LogP contribution in [-0.4, -0.2) is 74.3 Å². The molecule has 9 nitrogen and oxygen atoms in total. The minimum atomic E-state index is -4.45. The second kappa shape index (κ2) is 60.6. The van der Waals surface area contributed by atoms with Gasteiger partial charge in [-0.1, -0.05) is 274 Å². The number of quaternary nitrogens is 1. The van der Waals surface area contributed by atoms with E-state index in [1.165, 1.54) is 205 Å². The zero-order valence-electron chi connectivity index (χ0n) is 54.0. The SMILES string of the molecule is CCCCC/C=C\C/C=C\C/C=C\CCCCCCCCCCCCCCC(=O)NC(COP(=O)(O)OCC[N+](C)(C)C)C(/C=C\CCCCCCCCCCC)OC(=O)CCCCCCCCCCC/C=C\C/C=C\CCCCC. The van der Waals surface area contributed by atoms with Crippen LogP contribution in [0, 0.1) is 0 Å². The van der Waals surface area contributed by atoms with Gasteiger partial charge in [0.15, 0.2) is 0 Å². The first-order valence-electron chi connectivity index (χ1n) is 34.3. The van der Waals surface area contributed by atoms with Crippen LogP contribution in [0.4, 0.5) is 0 Å². The first-order chi connectivity index (χ1) is 39.4. The normalized spacial score (nSPS) is 14.0. The Hall–Kier alpha value is -2.55. The standard InChI is InChI=1S/C71H131N2O7P/c1-7-10-13-16-19-22-25-27-29-31-33-34-35-36-37-38-40-41-43-45-48-51-54-57-60-63-70(74)72-68(67-79-81(76,77)78-66-65-73(4,5)6)69(62-59-56-53-50-47-24-21-18-15-12-9-3)80-71(75)64-61-58-55-52-49-46-44-42-39-32-30-28-26-23-20-17-14-11-8-2/h19-20,22-23,27-30,33-34,59,62,68-69H,7-18,21,24-26,31-32,35-58,60-61,63-67H2,1-6H3,(H-,72,74,76,77)/p+1/b22-19-,23-20-,29-27-,30-28-,34-33-,62-59-. The van der Waals surface area contributed by atoms with E-state index >= 15 is 0 Å². The minimum Gasteiger partial charge on any atom is -0.456 e. The van der Waals surface area contributed by atoms with Crippen molar-refractivity contribution < 1.29 is 37.3 Å². The molecule has 0 saturated heterocycles. The van der Waals surface area contributed by atoms with Crippen LogP contribution in [0.15, 0.2) is 72.9 Å². The number of amides is 1. The molecule has 0 aliphatic heterocycles. The molecular formula is C71H132N2O7P+. The average Bonchev–Trinajstić information content (AvgIpc) is 3.44. The van der Waals surface area contributed by atoms with Crippen LogP contribution >= 0.6 is 7.82 Å². The molecular weight excluding hydrogens is 1020 g/mol. The van der Waals surface area contributed by atoms with Crippen LogP contribution in [0.1, 0.15) is 316 Å². The van der Waals surface area contributed by atoms with Gasteiger partial charge < -0.3 is 19.4 Å². The van der Waals surface area contributed by atoms with E-state index in [-0.39, 0.29) is 31.5 Å². The van der Waals surface area contributed by atoms with Gasteiger partial charge in [-0.3, -0.25) is 18.6 Å². The van der Waals surface area contributed by atoms with Crippen LogP contribution < -0.4 is 5.32 Å². The molecule has 0 bridgehead atoms. The van der Waals surface area contributed by atoms with E-state index in [1.54, 1.807) is 0 Å². The lowest BCUT2D eigenvalue weighted by atomic mass is 10.0. The van der Waals surface area contributed by atoms with Crippen LogP contribution in [0.25, 0.3) is 0 Å². The molecule has 0 aliphatic rings. The van der Waals surface area contributed by atoms with Gasteiger partial charge in [0.05, 0.1) is 33.8 Å². The van der Waals surface area contributed by atoms with E-state index in [1.807, 2.05) is 33.3 Å². The maximum Gasteiger partial charge on any atom is 0.472 e. The Kier molecular flexibility index (Phi) is 58.7. The molecule has 0 aromatic carbocycles. The highest BCUT2D eigenvalue weighted by atomic mass is 31.2. The second-order valence-corrected chi connectivity index (χ2v) is 25.8. The van der Waals surface area contributed by atoms with E-state index in [0.717, 1.165) is 77.0 Å². The quantitative estimate of drug-likeness (QED) is 0.0205. The molecule has 0 saturated carbocycles. The number of esters is 1. The molecule has 10 heteroatoms. The number of ether oxygens (including phenoxy) is 1. The number of likely N-dealkylation sites (N-methyl/N-ethyl adjacent to an activating group) is 1. The monoisotopic (exact) mass is 1160 g/mol. The number of carbonyl (C=O) groups is 2. The Bertz CT molecular complexity index is 1620. The average molecular weight is 1160 g/mol. The molecule has 2 N–H and O–H groups in total. The zero-order valence-corrected chi connectivity index (χ0v) is 54.9. The molecule has 0 spiro atoms. The molecule has 81 heavy (non-hydrogen) atoms. The Labute approximate surface area is 502 Å². The maximum atomic E-state index is 13.6. The lowest BCUT2D eigenvalue weighted by Crippen LogP contribution is -2.47. The van der Waals surface area contributed by atoms with Crippen molar-refractivity contribution in [3.63, 3.8) is 0 Å². The highest BCUT2D eigenvalue weighted by Gasteiger charge is 2.30. The van der Waals surface area contributed by atoms with E-state index in [9.17, 15) is 19.0 Å². The van der Waals surface area contributed by atoms with Crippen molar-refractivity contribution in [3.8, 4) is 0 Å². The predicted molar refractivity (Wildman–Crippen MR) is 351 cm³/mol. The summed E-state index contributed by atoms with van der Waals surface area (Å²) in [4.78, 5) is 37.8. The summed E-state index contributed by atoms with van der Waals surface area (Å²) in [6.45, 7) is 6.98. The molecule has 0 radical (unpaired) electrons. The van der Waals surface area contributed by atoms with E-state index in [2.05, 4.69) is 86.8 Å². The number of hydrogen-bond donors (Lipinski definition) is 2. The summed E-state index contributed by atoms with van der Waals surface area (Å²) in [5, 5.41) is 3.07. The molecule has 3 unspecified atom stereocenters. The van der Waals surface area contributed by atoms with Gasteiger partial charge in [0.2, 0.25) is 5.91 Å². The van der Waals surface area contributed by atoms with Crippen LogP contribution in [0.5, 0.6) is 0 Å². The van der Waals surface area contributed by atoms with Crippen molar-refractivity contribution in [3.05, 3.63) is 72.9 Å². The molecule has 3 atom stereocenters. The van der Waals surface area contributed by atoms with Gasteiger partial charge in [0, 0.05) is 12.8 Å². The Balaban J connectivity index is 5.06. The van der Waals surface area contributed by atoms with E-state index in [0.29, 0.717) is 17.4 Å². The topological polar surface area (TPSA) is 111 Å². The van der Waals surface area contributed by atoms with E-state index < -0.39 is 20.0 Å². The fourth-order valence-electron chi connectivity index (χ4n) is 9.80. The number of carbonyl (C=O) groups excluding carboxylic acids is 2. The zero-order chi connectivity index (χ0) is 59.3. The Morgan fingerprint density at radius 1 is 0.432 bits per heavy atom. The fraction of sp³-hybridized carbons (Fsp3) is 0.803. The third-order valence-electron chi connectivity index (χ3n) is 15.1. The molecule has 472 valence electrons. The molecule has 0 heterocycles. The fourth-order valence-corrected chi connectivity index (χ4v) is 10.5. The van der Waals surface area contributed by atoms with Crippen molar-refractivity contribution >= 4 is 19.7 Å². The van der Waals surface area contributed by atoms with Crippen LogP contribution in [0.3, 0.4) is 0 Å². The highest BCUT2D eigenvalue weighted by Crippen LogP contribution is 2.43. The summed E-state index contributed by atoms with van der Waals surface area (Å²) in [6.07, 6.45) is 79.0. The van der Waals surface area contributed by atoms with Gasteiger partial charge in [0.1, 0.15) is 19.3 Å². The highest BCUT2D eigenvalue weighted by molar-refractivity contribution is 7.47. The summed E-state index contributed by atoms with van der Waals surface area (Å²) in [5.41, 5.74) is 0. The van der Waals surface area contributed by atoms with Gasteiger partial charge >= 0.3 is 13.8 Å². The van der Waals surface area contributed by atoms with Gasteiger partial charge in [-0.25, -0.2) is 4.57 Å². The first kappa shape index (κ1) is 78.5. The molecule has 0 rings (SSSR count). The molecule has 1 amide bonds. The maximum absolute atomic E-state index is 13.6. The van der Waals surface area contributed by atoms with Crippen molar-refractivity contribution in [1.82, 2.24) is 5.32 Å². The van der Waals surface area contributed by atoms with Crippen LogP contribution in [-0.2, 0) is 27.9 Å². The number of rotatable bonds is 62. The molecule has 0 aromatic rings. The third-order valence-corrected chi connectivity index (χ3v) is 16.1. The largest absolute Gasteiger partial charge is 0.472 e. The predicted octanol–water partition coefficient (Wildman–Crippen LogP) is 21.6. The van der Waals surface area contributed by atoms with E-state index in [4.69, 9.17) is 13.8 Å². The van der Waals surface area contributed by atoms with Crippen molar-refractivity contribution in [2.75, 3.05) is 40.9 Å². The second-order valence-electron chi connectivity index (χ2n) is 24.3. The summed E-state index contributed by atoms with van der Waals surface area (Å²) < 4.78 is 30.8. The van der Waals surface area contributed by atoms with Crippen molar-refractivity contribution in [2.45, 2.75) is 328 Å². The third kappa shape index (κ3) is 61.8. The number of phosphoric ester groups is 1. The van der Waals surface area contributed by atoms with Crippen molar-refractivity contribution in [1.29, 1.82) is 0 Å². The Morgan fingerprint density at radius 2 is 0.753 bits per heavy atom. The summed E-state index contributed by atoms with van der Waals surface area (Å²) in [7, 11) is 1.49. The number of nitrogens with zero attached hydrogens (tertiary/aromatic N) is 1. The number of phosphoric acid groups is 1. The smallest absolute Gasteiger partial charge is 0.456 e. The molecule has 0 aliphatic carbocycles. The minimum absolute atomic E-state index is 0.0378.